The van der Waals surface area contributed by atoms with Crippen LogP contribution in [0.2, 0.25) is 5.15 Å². The molecule has 3 aromatic heterocycles. The van der Waals surface area contributed by atoms with Crippen LogP contribution in [0.1, 0.15) is 26.0 Å². The first-order valence-electron chi connectivity index (χ1n) is 8.37. The standard InChI is InChI=1S/C17H17ClF2N6O/c1-16(27)4-6-25(9-16)14-10-8-22-13(18)7-11(10)26(24-14)15-21-5-3-12(23-15)17(2,19)20/h3,5,7-8,27H,4,6,9H2,1-2H3. The number of halogens is 3. The summed E-state index contributed by atoms with van der Waals surface area (Å²) in [6.07, 6.45) is 3.43. The van der Waals surface area contributed by atoms with Crippen molar-refractivity contribution in [3.05, 3.63) is 35.4 Å². The highest BCUT2D eigenvalue weighted by Gasteiger charge is 2.34. The van der Waals surface area contributed by atoms with Crippen LogP contribution in [0.15, 0.2) is 24.5 Å². The third kappa shape index (κ3) is 3.32. The lowest BCUT2D eigenvalue weighted by atomic mass is 10.1. The molecule has 4 rings (SSSR count). The van der Waals surface area contributed by atoms with Gasteiger partial charge in [0.1, 0.15) is 10.8 Å². The average molecular weight is 395 g/mol. The van der Waals surface area contributed by atoms with Crippen LogP contribution in [0.4, 0.5) is 14.6 Å². The zero-order chi connectivity index (χ0) is 19.4. The van der Waals surface area contributed by atoms with Gasteiger partial charge >= 0.3 is 0 Å². The number of hydrogen-bond donors (Lipinski definition) is 1. The third-order valence-electron chi connectivity index (χ3n) is 4.55. The van der Waals surface area contributed by atoms with E-state index >= 15 is 0 Å². The number of rotatable bonds is 3. The Morgan fingerprint density at radius 2 is 2.11 bits per heavy atom. The van der Waals surface area contributed by atoms with Crippen LogP contribution in [0.3, 0.4) is 0 Å². The van der Waals surface area contributed by atoms with Crippen LogP contribution in [0.25, 0.3) is 16.9 Å². The summed E-state index contributed by atoms with van der Waals surface area (Å²) in [6.45, 7) is 3.54. The molecular weight excluding hydrogens is 378 g/mol. The molecule has 0 radical (unpaired) electrons. The molecule has 3 aromatic rings. The first-order valence-corrected chi connectivity index (χ1v) is 8.75. The van der Waals surface area contributed by atoms with Crippen molar-refractivity contribution < 1.29 is 13.9 Å². The highest BCUT2D eigenvalue weighted by molar-refractivity contribution is 6.30. The van der Waals surface area contributed by atoms with Gasteiger partial charge in [-0.2, -0.15) is 13.5 Å². The van der Waals surface area contributed by atoms with Crippen molar-refractivity contribution in [1.82, 2.24) is 24.7 Å². The van der Waals surface area contributed by atoms with Gasteiger partial charge in [0.25, 0.3) is 11.9 Å². The SMILES string of the molecule is CC1(O)CCN(c2nn(-c3nccc(C(C)(F)F)n3)c3cc(Cl)ncc23)C1. The molecule has 0 aromatic carbocycles. The topological polar surface area (TPSA) is 80.0 Å². The quantitative estimate of drug-likeness (QED) is 0.688. The van der Waals surface area contributed by atoms with Crippen LogP contribution >= 0.6 is 11.6 Å². The number of anilines is 1. The Labute approximate surface area is 158 Å². The summed E-state index contributed by atoms with van der Waals surface area (Å²) in [5, 5.41) is 15.7. The zero-order valence-corrected chi connectivity index (χ0v) is 15.5. The van der Waals surface area contributed by atoms with Crippen LogP contribution in [0.5, 0.6) is 0 Å². The summed E-state index contributed by atoms with van der Waals surface area (Å²) in [7, 11) is 0. The number of nitrogens with zero attached hydrogens (tertiary/aromatic N) is 6. The smallest absolute Gasteiger partial charge is 0.287 e. The van der Waals surface area contributed by atoms with Gasteiger partial charge < -0.3 is 10.0 Å². The third-order valence-corrected chi connectivity index (χ3v) is 4.75. The van der Waals surface area contributed by atoms with Gasteiger partial charge in [0.2, 0.25) is 0 Å². The lowest BCUT2D eigenvalue weighted by Crippen LogP contribution is -2.29. The van der Waals surface area contributed by atoms with Crippen molar-refractivity contribution in [3.8, 4) is 5.95 Å². The predicted octanol–water partition coefficient (Wildman–Crippen LogP) is 2.94. The van der Waals surface area contributed by atoms with Gasteiger partial charge in [-0.1, -0.05) is 11.6 Å². The molecule has 1 N–H and O–H groups in total. The second-order valence-corrected chi connectivity index (χ2v) is 7.45. The normalized spacial score (nSPS) is 20.6. The second-order valence-electron chi connectivity index (χ2n) is 7.06. The maximum Gasteiger partial charge on any atom is 0.287 e. The Hall–Kier alpha value is -2.39. The van der Waals surface area contributed by atoms with E-state index in [9.17, 15) is 13.9 Å². The molecule has 142 valence electrons. The molecule has 0 bridgehead atoms. The summed E-state index contributed by atoms with van der Waals surface area (Å²) in [5.74, 6) is -2.52. The Kier molecular flexibility index (Phi) is 4.04. The van der Waals surface area contributed by atoms with Crippen molar-refractivity contribution in [3.63, 3.8) is 0 Å². The van der Waals surface area contributed by atoms with Gasteiger partial charge in [-0.3, -0.25) is 0 Å². The number of aromatic nitrogens is 5. The minimum atomic E-state index is -3.10. The number of β-amino-alcohol motifs (C(OH)–C–C–N with tert-alkyl or cyclic N) is 1. The Morgan fingerprint density at radius 1 is 1.33 bits per heavy atom. The number of aliphatic hydroxyl groups is 1. The molecule has 0 aliphatic carbocycles. The number of fused-ring (bicyclic) bond motifs is 1. The average Bonchev–Trinajstić information content (AvgIpc) is 3.14. The van der Waals surface area contributed by atoms with Crippen LogP contribution < -0.4 is 4.90 Å². The van der Waals surface area contributed by atoms with Gasteiger partial charge in [0.05, 0.1) is 16.5 Å². The van der Waals surface area contributed by atoms with Gasteiger partial charge in [-0.15, -0.1) is 5.10 Å². The van der Waals surface area contributed by atoms with Crippen molar-refractivity contribution in [2.24, 2.45) is 0 Å². The summed E-state index contributed by atoms with van der Waals surface area (Å²) < 4.78 is 28.7. The van der Waals surface area contributed by atoms with Gasteiger partial charge in [-0.05, 0) is 19.4 Å². The first kappa shape index (κ1) is 18.0. The van der Waals surface area contributed by atoms with Crippen LogP contribution in [-0.2, 0) is 5.92 Å². The first-order chi connectivity index (χ1) is 12.6. The van der Waals surface area contributed by atoms with Crippen molar-refractivity contribution in [1.29, 1.82) is 0 Å². The molecule has 10 heteroatoms. The largest absolute Gasteiger partial charge is 0.388 e. The molecule has 0 amide bonds. The summed E-state index contributed by atoms with van der Waals surface area (Å²) >= 11 is 6.03. The van der Waals surface area contributed by atoms with E-state index in [1.807, 2.05) is 4.90 Å². The van der Waals surface area contributed by atoms with Crippen molar-refractivity contribution in [2.75, 3.05) is 18.0 Å². The zero-order valence-electron chi connectivity index (χ0n) is 14.7. The number of hydrogen-bond acceptors (Lipinski definition) is 6. The van der Waals surface area contributed by atoms with E-state index in [-0.39, 0.29) is 11.1 Å². The maximum atomic E-state index is 13.7. The van der Waals surface area contributed by atoms with E-state index in [1.54, 1.807) is 19.2 Å². The predicted molar refractivity (Wildman–Crippen MR) is 96.5 cm³/mol. The molecule has 1 unspecified atom stereocenters. The highest BCUT2D eigenvalue weighted by Crippen LogP contribution is 2.33. The molecule has 1 aliphatic rings. The van der Waals surface area contributed by atoms with E-state index in [4.69, 9.17) is 11.6 Å². The Bertz CT molecular complexity index is 1020. The van der Waals surface area contributed by atoms with Crippen molar-refractivity contribution >= 4 is 28.3 Å². The monoisotopic (exact) mass is 394 g/mol. The molecule has 1 aliphatic heterocycles. The van der Waals surface area contributed by atoms with E-state index in [0.717, 1.165) is 6.92 Å². The molecule has 1 fully saturated rings. The van der Waals surface area contributed by atoms with Gasteiger partial charge in [0, 0.05) is 38.5 Å². The van der Waals surface area contributed by atoms with Crippen LogP contribution in [-0.4, -0.2) is 48.5 Å². The fourth-order valence-corrected chi connectivity index (χ4v) is 3.33. The second kappa shape index (κ2) is 6.07. The van der Waals surface area contributed by atoms with E-state index in [1.165, 1.54) is 16.9 Å². The number of alkyl halides is 2. The molecule has 7 nitrogen and oxygen atoms in total. The molecule has 1 saturated heterocycles. The molecular formula is C17H17ClF2N6O. The lowest BCUT2D eigenvalue weighted by Gasteiger charge is -2.18. The van der Waals surface area contributed by atoms with E-state index in [2.05, 4.69) is 20.1 Å². The Morgan fingerprint density at radius 3 is 2.78 bits per heavy atom. The van der Waals surface area contributed by atoms with E-state index in [0.29, 0.717) is 36.2 Å². The lowest BCUT2D eigenvalue weighted by molar-refractivity contribution is 0.0126. The molecule has 0 spiro atoms. The molecule has 4 heterocycles. The molecule has 1 atom stereocenters. The number of pyridine rings is 1. The minimum absolute atomic E-state index is 0.0125. The van der Waals surface area contributed by atoms with Gasteiger partial charge in [-0.25, -0.2) is 15.0 Å². The maximum absolute atomic E-state index is 13.7. The van der Waals surface area contributed by atoms with Crippen molar-refractivity contribution in [2.45, 2.75) is 31.8 Å². The van der Waals surface area contributed by atoms with Gasteiger partial charge in [0.15, 0.2) is 5.82 Å². The fraction of sp³-hybridized carbons (Fsp3) is 0.412. The minimum Gasteiger partial charge on any atom is -0.388 e. The summed E-state index contributed by atoms with van der Waals surface area (Å²) in [5.41, 5.74) is -0.675. The highest BCUT2D eigenvalue weighted by atomic mass is 35.5. The summed E-state index contributed by atoms with van der Waals surface area (Å²) in [6, 6.07) is 2.75. The Balaban J connectivity index is 1.88. The molecule has 27 heavy (non-hydrogen) atoms. The van der Waals surface area contributed by atoms with Crippen LogP contribution in [0, 0.1) is 0 Å². The fourth-order valence-electron chi connectivity index (χ4n) is 3.18. The summed E-state index contributed by atoms with van der Waals surface area (Å²) in [4.78, 5) is 14.1. The van der Waals surface area contributed by atoms with E-state index < -0.39 is 17.2 Å². The molecule has 0 saturated carbocycles.